The summed E-state index contributed by atoms with van der Waals surface area (Å²) in [6, 6.07) is 2.60. The number of aromatic carboxylic acids is 1. The Morgan fingerprint density at radius 1 is 1.25 bits per heavy atom. The van der Waals surface area contributed by atoms with E-state index < -0.39 is 11.9 Å². The first kappa shape index (κ1) is 17.6. The third kappa shape index (κ3) is 3.95. The molecule has 0 aromatic heterocycles. The van der Waals surface area contributed by atoms with Crippen molar-refractivity contribution < 1.29 is 29.0 Å². The molecule has 0 atom stereocenters. The number of nitrogens with one attached hydrogen (secondary N) is 1. The van der Waals surface area contributed by atoms with Crippen molar-refractivity contribution in [1.29, 1.82) is 0 Å². The van der Waals surface area contributed by atoms with Gasteiger partial charge >= 0.3 is 5.97 Å². The third-order valence-corrected chi connectivity index (χ3v) is 3.76. The number of hydrogen-bond donors (Lipinski definition) is 2. The van der Waals surface area contributed by atoms with Gasteiger partial charge in [0, 0.05) is 13.0 Å². The first-order chi connectivity index (χ1) is 11.5. The maximum atomic E-state index is 12.2. The van der Waals surface area contributed by atoms with Crippen molar-refractivity contribution in [2.75, 3.05) is 32.6 Å². The number of anilines is 1. The highest BCUT2D eigenvalue weighted by Crippen LogP contribution is 2.36. The highest BCUT2D eigenvalue weighted by molar-refractivity contribution is 5.98. The zero-order valence-electron chi connectivity index (χ0n) is 13.6. The van der Waals surface area contributed by atoms with Crippen LogP contribution in [0.4, 0.5) is 5.69 Å². The van der Waals surface area contributed by atoms with Crippen LogP contribution in [0.5, 0.6) is 11.5 Å². The minimum Gasteiger partial charge on any atom is -0.493 e. The Bertz CT molecular complexity index is 658. The summed E-state index contributed by atoms with van der Waals surface area (Å²) in [5.74, 6) is -1.21. The van der Waals surface area contributed by atoms with E-state index in [0.717, 1.165) is 12.8 Å². The topological polar surface area (TPSA) is 105 Å². The number of carbonyl (C=O) groups is 3. The summed E-state index contributed by atoms with van der Waals surface area (Å²) < 4.78 is 10.3. The van der Waals surface area contributed by atoms with E-state index in [1.165, 1.54) is 31.3 Å². The first-order valence-electron chi connectivity index (χ1n) is 7.53. The number of rotatable bonds is 6. The van der Waals surface area contributed by atoms with Crippen LogP contribution in [0.1, 0.15) is 29.6 Å². The van der Waals surface area contributed by atoms with Crippen LogP contribution in [-0.4, -0.2) is 55.1 Å². The molecule has 1 aromatic rings. The maximum absolute atomic E-state index is 12.2. The molecule has 8 heteroatoms. The van der Waals surface area contributed by atoms with Crippen LogP contribution in [-0.2, 0) is 9.59 Å². The molecule has 1 saturated heterocycles. The van der Waals surface area contributed by atoms with Gasteiger partial charge in [-0.05, 0) is 25.0 Å². The fourth-order valence-corrected chi connectivity index (χ4v) is 2.57. The van der Waals surface area contributed by atoms with Gasteiger partial charge in [-0.25, -0.2) is 4.79 Å². The summed E-state index contributed by atoms with van der Waals surface area (Å²) in [5.41, 5.74) is 0.140. The van der Waals surface area contributed by atoms with Gasteiger partial charge in [0.2, 0.25) is 11.8 Å². The molecule has 130 valence electrons. The molecule has 0 aliphatic carbocycles. The molecule has 1 aromatic carbocycles. The molecule has 0 bridgehead atoms. The van der Waals surface area contributed by atoms with E-state index in [0.29, 0.717) is 13.0 Å². The molecule has 1 aliphatic rings. The molecular weight excluding hydrogens is 316 g/mol. The van der Waals surface area contributed by atoms with E-state index in [1.807, 2.05) is 0 Å². The second-order valence-electron chi connectivity index (χ2n) is 5.39. The lowest BCUT2D eigenvalue weighted by Crippen LogP contribution is -2.40. The normalized spacial score (nSPS) is 14.2. The number of likely N-dealkylation sites (tertiary alicyclic amines) is 1. The molecule has 2 N–H and O–H groups in total. The number of carboxylic acid groups (broad SMARTS) is 1. The summed E-state index contributed by atoms with van der Waals surface area (Å²) in [5, 5.41) is 11.8. The molecule has 0 spiro atoms. The Kier molecular flexibility index (Phi) is 5.62. The Labute approximate surface area is 139 Å². The Morgan fingerprint density at radius 3 is 2.58 bits per heavy atom. The number of piperidine rings is 1. The molecule has 2 amide bonds. The summed E-state index contributed by atoms with van der Waals surface area (Å²) >= 11 is 0. The molecular formula is C16H20N2O6. The van der Waals surface area contributed by atoms with E-state index in [2.05, 4.69) is 5.32 Å². The second kappa shape index (κ2) is 7.67. The quantitative estimate of drug-likeness (QED) is 0.812. The number of hydrogen-bond acceptors (Lipinski definition) is 5. The second-order valence-corrected chi connectivity index (χ2v) is 5.39. The Morgan fingerprint density at radius 2 is 2.00 bits per heavy atom. The van der Waals surface area contributed by atoms with E-state index in [9.17, 15) is 14.4 Å². The molecule has 0 unspecified atom stereocenters. The molecule has 8 nitrogen and oxygen atoms in total. The summed E-state index contributed by atoms with van der Waals surface area (Å²) in [6.07, 6.45) is 2.15. The predicted molar refractivity (Wildman–Crippen MR) is 85.6 cm³/mol. The molecule has 0 radical (unpaired) electrons. The zero-order chi connectivity index (χ0) is 17.7. The molecule has 0 saturated carbocycles. The third-order valence-electron chi connectivity index (χ3n) is 3.76. The highest BCUT2D eigenvalue weighted by atomic mass is 16.5. The Balaban J connectivity index is 2.20. The molecule has 1 heterocycles. The van der Waals surface area contributed by atoms with Gasteiger partial charge in [-0.3, -0.25) is 9.59 Å². The maximum Gasteiger partial charge on any atom is 0.335 e. The van der Waals surface area contributed by atoms with Crippen LogP contribution >= 0.6 is 0 Å². The smallest absolute Gasteiger partial charge is 0.335 e. The van der Waals surface area contributed by atoms with Crippen LogP contribution < -0.4 is 14.8 Å². The lowest BCUT2D eigenvalue weighted by atomic mass is 10.1. The van der Waals surface area contributed by atoms with Crippen molar-refractivity contribution in [3.8, 4) is 11.5 Å². The number of carboxylic acids is 1. The molecule has 1 fully saturated rings. The van der Waals surface area contributed by atoms with Crippen LogP contribution in [0, 0.1) is 0 Å². The average molecular weight is 336 g/mol. The van der Waals surface area contributed by atoms with Gasteiger partial charge in [0.05, 0.1) is 32.0 Å². The van der Waals surface area contributed by atoms with E-state index in [4.69, 9.17) is 14.6 Å². The van der Waals surface area contributed by atoms with Gasteiger partial charge < -0.3 is 24.8 Å². The molecule has 24 heavy (non-hydrogen) atoms. The monoisotopic (exact) mass is 336 g/mol. The standard InChI is InChI=1S/C16H20N2O6/c1-23-12-8-10(16(21)22)7-11(15(12)24-2)17-13(19)9-18-6-4-3-5-14(18)20/h7-8H,3-6,9H2,1-2H3,(H,17,19)(H,21,22). The lowest BCUT2D eigenvalue weighted by Gasteiger charge is -2.26. The van der Waals surface area contributed by atoms with E-state index in [1.54, 1.807) is 0 Å². The first-order valence-corrected chi connectivity index (χ1v) is 7.53. The lowest BCUT2D eigenvalue weighted by molar-refractivity contribution is -0.136. The van der Waals surface area contributed by atoms with Gasteiger partial charge in [0.1, 0.15) is 0 Å². The fourth-order valence-electron chi connectivity index (χ4n) is 2.57. The summed E-state index contributed by atoms with van der Waals surface area (Å²) in [6.45, 7) is 0.462. The van der Waals surface area contributed by atoms with E-state index in [-0.39, 0.29) is 35.2 Å². The Hall–Kier alpha value is -2.77. The van der Waals surface area contributed by atoms with Crippen molar-refractivity contribution in [2.24, 2.45) is 0 Å². The van der Waals surface area contributed by atoms with Crippen LogP contribution in [0.2, 0.25) is 0 Å². The molecule has 2 rings (SSSR count). The number of carbonyl (C=O) groups excluding carboxylic acids is 2. The average Bonchev–Trinajstić information content (AvgIpc) is 2.56. The van der Waals surface area contributed by atoms with Crippen molar-refractivity contribution in [1.82, 2.24) is 4.90 Å². The summed E-state index contributed by atoms with van der Waals surface area (Å²) in [7, 11) is 2.77. The SMILES string of the molecule is COc1cc(C(=O)O)cc(NC(=O)CN2CCCCC2=O)c1OC. The van der Waals surface area contributed by atoms with Gasteiger partial charge in [0.15, 0.2) is 11.5 Å². The van der Waals surface area contributed by atoms with Crippen molar-refractivity contribution >= 4 is 23.5 Å². The summed E-state index contributed by atoms with van der Waals surface area (Å²) in [4.78, 5) is 36.7. The van der Waals surface area contributed by atoms with E-state index >= 15 is 0 Å². The van der Waals surface area contributed by atoms with Crippen LogP contribution in [0.15, 0.2) is 12.1 Å². The predicted octanol–water partition coefficient (Wildman–Crippen LogP) is 1.35. The van der Waals surface area contributed by atoms with Gasteiger partial charge in [-0.2, -0.15) is 0 Å². The van der Waals surface area contributed by atoms with Crippen LogP contribution in [0.25, 0.3) is 0 Å². The minimum absolute atomic E-state index is 0.0444. The van der Waals surface area contributed by atoms with Gasteiger partial charge in [0.25, 0.3) is 0 Å². The number of ether oxygens (including phenoxy) is 2. The van der Waals surface area contributed by atoms with Gasteiger partial charge in [-0.1, -0.05) is 0 Å². The molecule has 1 aliphatic heterocycles. The van der Waals surface area contributed by atoms with Crippen molar-refractivity contribution in [3.63, 3.8) is 0 Å². The number of nitrogens with zero attached hydrogens (tertiary/aromatic N) is 1. The zero-order valence-corrected chi connectivity index (χ0v) is 13.6. The number of amides is 2. The minimum atomic E-state index is -1.15. The number of methoxy groups -OCH3 is 2. The highest BCUT2D eigenvalue weighted by Gasteiger charge is 2.22. The van der Waals surface area contributed by atoms with Crippen molar-refractivity contribution in [3.05, 3.63) is 17.7 Å². The fraction of sp³-hybridized carbons (Fsp3) is 0.438. The largest absolute Gasteiger partial charge is 0.493 e. The van der Waals surface area contributed by atoms with Gasteiger partial charge in [-0.15, -0.1) is 0 Å². The van der Waals surface area contributed by atoms with Crippen LogP contribution in [0.3, 0.4) is 0 Å². The van der Waals surface area contributed by atoms with Crippen molar-refractivity contribution in [2.45, 2.75) is 19.3 Å². The number of benzene rings is 1.